The predicted molar refractivity (Wildman–Crippen MR) is 118 cm³/mol. The van der Waals surface area contributed by atoms with Gasteiger partial charge in [-0.05, 0) is 30.2 Å². The molecule has 2 saturated heterocycles. The molecule has 0 atom stereocenters. The number of alkyl halides is 3. The molecule has 0 unspecified atom stereocenters. The minimum absolute atomic E-state index is 0.00955. The first kappa shape index (κ1) is 25.3. The number of halogens is 5. The summed E-state index contributed by atoms with van der Waals surface area (Å²) in [6.07, 6.45) is -3.64. The van der Waals surface area contributed by atoms with Gasteiger partial charge in [0.15, 0.2) is 0 Å². The Morgan fingerprint density at radius 3 is 2.24 bits per heavy atom. The number of hydrogen-bond donors (Lipinski definition) is 1. The van der Waals surface area contributed by atoms with Gasteiger partial charge < -0.3 is 15.1 Å². The molecule has 0 aromatic heterocycles. The molecule has 1 N–H and O–H groups in total. The fraction of sp³-hybridized carbons (Fsp3) is 0.476. The maximum absolute atomic E-state index is 12.7. The Morgan fingerprint density at radius 2 is 1.67 bits per heavy atom. The highest BCUT2D eigenvalue weighted by molar-refractivity contribution is 6.42. The molecule has 3 rings (SSSR count). The molecule has 0 bridgehead atoms. The van der Waals surface area contributed by atoms with E-state index < -0.39 is 12.1 Å². The van der Waals surface area contributed by atoms with Crippen LogP contribution in [-0.4, -0.2) is 83.9 Å². The van der Waals surface area contributed by atoms with Crippen LogP contribution in [0.4, 0.5) is 18.9 Å². The zero-order chi connectivity index (χ0) is 24.3. The lowest BCUT2D eigenvalue weighted by Gasteiger charge is -2.47. The quantitative estimate of drug-likeness (QED) is 0.602. The third kappa shape index (κ3) is 6.18. The largest absolute Gasteiger partial charge is 0.471 e. The molecule has 12 heteroatoms. The van der Waals surface area contributed by atoms with Crippen molar-refractivity contribution in [3.8, 4) is 0 Å². The average molecular weight is 507 g/mol. The number of nitrogens with zero attached hydrogens (tertiary/aromatic N) is 3. The Labute approximate surface area is 199 Å². The Balaban J connectivity index is 1.53. The number of anilines is 1. The van der Waals surface area contributed by atoms with Gasteiger partial charge in [0.2, 0.25) is 11.8 Å². The van der Waals surface area contributed by atoms with Gasteiger partial charge in [0.1, 0.15) is 0 Å². The molecule has 0 aliphatic carbocycles. The van der Waals surface area contributed by atoms with E-state index in [0.717, 1.165) is 6.07 Å². The van der Waals surface area contributed by atoms with Crippen LogP contribution in [0.25, 0.3) is 0 Å². The van der Waals surface area contributed by atoms with Crippen LogP contribution in [0.5, 0.6) is 0 Å². The molecular weight excluding hydrogens is 484 g/mol. The first-order valence-corrected chi connectivity index (χ1v) is 11.0. The van der Waals surface area contributed by atoms with E-state index in [4.69, 9.17) is 23.2 Å². The zero-order valence-corrected chi connectivity index (χ0v) is 19.1. The molecule has 1 aromatic carbocycles. The highest BCUT2D eigenvalue weighted by Gasteiger charge is 2.39. The van der Waals surface area contributed by atoms with E-state index in [9.17, 15) is 27.6 Å². The summed E-state index contributed by atoms with van der Waals surface area (Å²) in [5, 5.41) is 1.90. The number of nitrogens with one attached hydrogen (secondary N) is 1. The van der Waals surface area contributed by atoms with E-state index >= 15 is 0 Å². The molecule has 0 saturated carbocycles. The summed E-state index contributed by atoms with van der Waals surface area (Å²) in [4.78, 5) is 41.2. The van der Waals surface area contributed by atoms with Gasteiger partial charge in [0.05, 0.1) is 10.0 Å². The van der Waals surface area contributed by atoms with Crippen LogP contribution in [0.2, 0.25) is 10.0 Å². The number of aryl methyl sites for hydroxylation is 1. The van der Waals surface area contributed by atoms with Crippen molar-refractivity contribution in [1.29, 1.82) is 0 Å². The van der Waals surface area contributed by atoms with E-state index in [0.29, 0.717) is 39.3 Å². The molecule has 7 nitrogen and oxygen atoms in total. The number of carbonyl (C=O) groups excluding carboxylic acids is 3. The minimum atomic E-state index is -5.06. The van der Waals surface area contributed by atoms with E-state index in [1.165, 1.54) is 12.1 Å². The maximum Gasteiger partial charge on any atom is 0.471 e. The first-order chi connectivity index (χ1) is 15.5. The number of amides is 3. The number of benzene rings is 1. The summed E-state index contributed by atoms with van der Waals surface area (Å²) in [6, 6.07) is 2.77. The molecule has 0 spiro atoms. The van der Waals surface area contributed by atoms with Gasteiger partial charge in [-0.1, -0.05) is 29.8 Å². The lowest BCUT2D eigenvalue weighted by atomic mass is 10.0. The fourth-order valence-electron chi connectivity index (χ4n) is 3.84. The van der Waals surface area contributed by atoms with Crippen molar-refractivity contribution in [3.63, 3.8) is 0 Å². The van der Waals surface area contributed by atoms with Crippen molar-refractivity contribution in [3.05, 3.63) is 40.4 Å². The van der Waals surface area contributed by atoms with Crippen LogP contribution in [0.15, 0.2) is 24.8 Å². The minimum Gasteiger partial charge on any atom is -0.340 e. The van der Waals surface area contributed by atoms with E-state index in [2.05, 4.69) is 11.5 Å². The Kier molecular flexibility index (Phi) is 7.92. The van der Waals surface area contributed by atoms with Gasteiger partial charge in [0.25, 0.3) is 0 Å². The fourth-order valence-corrected chi connectivity index (χ4v) is 4.19. The molecule has 2 heterocycles. The Bertz CT molecular complexity index is 943. The molecule has 3 amide bonds. The van der Waals surface area contributed by atoms with Crippen LogP contribution in [-0.2, 0) is 20.8 Å². The molecule has 0 radical (unpaired) electrons. The number of likely N-dealkylation sites (tertiary alicyclic amines) is 1. The molecule has 33 heavy (non-hydrogen) atoms. The van der Waals surface area contributed by atoms with Gasteiger partial charge in [-0.15, -0.1) is 0 Å². The second-order valence-electron chi connectivity index (χ2n) is 7.89. The first-order valence-electron chi connectivity index (χ1n) is 10.3. The smallest absolute Gasteiger partial charge is 0.340 e. The summed E-state index contributed by atoms with van der Waals surface area (Å²) in [5.41, 5.74) is 0.156. The topological polar surface area (TPSA) is 73.0 Å². The van der Waals surface area contributed by atoms with E-state index in [-0.39, 0.29) is 52.0 Å². The summed E-state index contributed by atoms with van der Waals surface area (Å²) in [6.45, 7) is 7.14. The Hall–Kier alpha value is -2.30. The van der Waals surface area contributed by atoms with Crippen molar-refractivity contribution in [1.82, 2.24) is 14.7 Å². The van der Waals surface area contributed by atoms with Crippen LogP contribution in [0.1, 0.15) is 12.0 Å². The number of rotatable bonds is 6. The van der Waals surface area contributed by atoms with Crippen LogP contribution < -0.4 is 5.32 Å². The van der Waals surface area contributed by atoms with Crippen LogP contribution in [0.3, 0.4) is 0 Å². The standard InChI is InChI=1S/C21H23Cl2F3N4O3/c1-2-18(31)30-11-14(12-30)28-5-7-29(8-6-28)19(32)4-3-13-9-15(22)16(23)10-17(13)27-20(33)21(24,25)26/h2,9-10,14H,1,3-8,11-12H2,(H,27,33). The van der Waals surface area contributed by atoms with Crippen molar-refractivity contribution in [2.75, 3.05) is 44.6 Å². The van der Waals surface area contributed by atoms with E-state index in [1.807, 2.05) is 0 Å². The van der Waals surface area contributed by atoms with Crippen LogP contribution >= 0.6 is 23.2 Å². The van der Waals surface area contributed by atoms with Crippen molar-refractivity contribution >= 4 is 46.6 Å². The van der Waals surface area contributed by atoms with Gasteiger partial charge in [-0.3, -0.25) is 19.3 Å². The maximum atomic E-state index is 12.7. The molecule has 180 valence electrons. The summed E-state index contributed by atoms with van der Waals surface area (Å²) < 4.78 is 37.9. The molecule has 2 aliphatic rings. The lowest BCUT2D eigenvalue weighted by Crippen LogP contribution is -2.64. The number of hydrogen-bond acceptors (Lipinski definition) is 4. The second-order valence-corrected chi connectivity index (χ2v) is 8.71. The average Bonchev–Trinajstić information content (AvgIpc) is 2.73. The monoisotopic (exact) mass is 506 g/mol. The van der Waals surface area contributed by atoms with Crippen molar-refractivity contribution < 1.29 is 27.6 Å². The van der Waals surface area contributed by atoms with Gasteiger partial charge >= 0.3 is 12.1 Å². The molecule has 1 aromatic rings. The highest BCUT2D eigenvalue weighted by atomic mass is 35.5. The highest BCUT2D eigenvalue weighted by Crippen LogP contribution is 2.31. The number of piperazine rings is 1. The Morgan fingerprint density at radius 1 is 1.06 bits per heavy atom. The normalized spacial score (nSPS) is 17.5. The molecular formula is C21H23Cl2F3N4O3. The van der Waals surface area contributed by atoms with Crippen molar-refractivity contribution in [2.45, 2.75) is 25.1 Å². The summed E-state index contributed by atoms with van der Waals surface area (Å²) in [5.74, 6) is -2.37. The SMILES string of the molecule is C=CC(=O)N1CC(N2CCN(C(=O)CCc3cc(Cl)c(Cl)cc3NC(=O)C(F)(F)F)CC2)C1. The third-order valence-corrected chi connectivity index (χ3v) is 6.51. The van der Waals surface area contributed by atoms with E-state index in [1.54, 1.807) is 15.1 Å². The zero-order valence-electron chi connectivity index (χ0n) is 17.6. The van der Waals surface area contributed by atoms with Crippen LogP contribution in [0, 0.1) is 0 Å². The van der Waals surface area contributed by atoms with Gasteiger partial charge in [-0.25, -0.2) is 0 Å². The lowest BCUT2D eigenvalue weighted by molar-refractivity contribution is -0.167. The van der Waals surface area contributed by atoms with Crippen molar-refractivity contribution in [2.24, 2.45) is 0 Å². The summed E-state index contributed by atoms with van der Waals surface area (Å²) >= 11 is 11.9. The molecule has 2 fully saturated rings. The predicted octanol–water partition coefficient (Wildman–Crippen LogP) is 2.97. The second kappa shape index (κ2) is 10.3. The third-order valence-electron chi connectivity index (χ3n) is 5.79. The summed E-state index contributed by atoms with van der Waals surface area (Å²) in [7, 11) is 0. The number of carbonyl (C=O) groups is 3. The van der Waals surface area contributed by atoms with Gasteiger partial charge in [-0.2, -0.15) is 13.2 Å². The van der Waals surface area contributed by atoms with Gasteiger partial charge in [0, 0.05) is 57.4 Å². The molecule has 2 aliphatic heterocycles.